The lowest BCUT2D eigenvalue weighted by Crippen LogP contribution is -2.55. The van der Waals surface area contributed by atoms with Gasteiger partial charge in [-0.25, -0.2) is 24.1 Å². The highest BCUT2D eigenvalue weighted by molar-refractivity contribution is 5.89. The molecule has 1 aliphatic heterocycles. The third-order valence-electron chi connectivity index (χ3n) is 6.60. The van der Waals surface area contributed by atoms with Gasteiger partial charge in [-0.2, -0.15) is 0 Å². The van der Waals surface area contributed by atoms with Gasteiger partial charge in [0, 0.05) is 13.0 Å². The molecule has 2 aromatic heterocycles. The van der Waals surface area contributed by atoms with Gasteiger partial charge < -0.3 is 19.5 Å². The summed E-state index contributed by atoms with van der Waals surface area (Å²) in [4.78, 5) is 37.4. The minimum Gasteiger partial charge on any atom is -0.459 e. The Balaban J connectivity index is 1.46. The van der Waals surface area contributed by atoms with Crippen molar-refractivity contribution in [1.82, 2.24) is 19.5 Å². The van der Waals surface area contributed by atoms with E-state index in [1.165, 1.54) is 38.0 Å². The normalized spacial score (nSPS) is 28.1. The smallest absolute Gasteiger partial charge is 0.338 e. The van der Waals surface area contributed by atoms with E-state index in [9.17, 15) is 9.59 Å². The molecule has 1 aromatic carbocycles. The number of alkyl halides is 1. The molecule has 3 aromatic rings. The number of nitrogens with one attached hydrogen (secondary N) is 1. The van der Waals surface area contributed by atoms with Gasteiger partial charge in [-0.3, -0.25) is 9.36 Å². The number of aromatic nitrogens is 4. The van der Waals surface area contributed by atoms with Crippen LogP contribution in [-0.4, -0.2) is 61.5 Å². The Morgan fingerprint density at radius 2 is 1.94 bits per heavy atom. The lowest BCUT2D eigenvalue weighted by atomic mass is 9.84. The number of ether oxygens (including phenoxy) is 3. The molecular formula is C24H26FN5O5. The fourth-order valence-electron chi connectivity index (χ4n) is 4.32. The molecule has 0 amide bonds. The third kappa shape index (κ3) is 4.09. The summed E-state index contributed by atoms with van der Waals surface area (Å²) < 4.78 is 35.0. The Labute approximate surface area is 200 Å². The highest BCUT2D eigenvalue weighted by atomic mass is 19.1. The molecule has 1 aliphatic carbocycles. The van der Waals surface area contributed by atoms with Gasteiger partial charge >= 0.3 is 11.9 Å². The standard InChI is InChI=1S/C24H26FN5O5/c1-14(31)35-24(3)17(11-33-21(32)15-7-5-4-6-8-15)34-22(23(24,2)25)30-13-28-18-19(29-16-9-10-16)26-12-27-20(18)30/h4-8,12-13,16-17,22H,9-11H2,1-3H3,(H,26,27,29)/t17-,22?,23+,24+/m1/s1. The molecule has 10 nitrogen and oxygen atoms in total. The average molecular weight is 484 g/mol. The monoisotopic (exact) mass is 483 g/mol. The maximum Gasteiger partial charge on any atom is 0.338 e. The number of carbonyl (C=O) groups excluding carboxylic acids is 2. The maximum absolute atomic E-state index is 16.5. The quantitative estimate of drug-likeness (QED) is 0.506. The van der Waals surface area contributed by atoms with Crippen molar-refractivity contribution in [3.8, 4) is 0 Å². The molecule has 184 valence electrons. The molecule has 2 fully saturated rings. The summed E-state index contributed by atoms with van der Waals surface area (Å²) in [6.07, 6.45) is 2.53. The number of hydrogen-bond acceptors (Lipinski definition) is 9. The van der Waals surface area contributed by atoms with E-state index in [1.54, 1.807) is 30.3 Å². The van der Waals surface area contributed by atoms with E-state index in [0.29, 0.717) is 28.6 Å². The summed E-state index contributed by atoms with van der Waals surface area (Å²) in [5.41, 5.74) is -2.81. The molecule has 5 rings (SSSR count). The molecule has 1 N–H and O–H groups in total. The van der Waals surface area contributed by atoms with E-state index in [4.69, 9.17) is 14.2 Å². The van der Waals surface area contributed by atoms with Crippen molar-refractivity contribution < 1.29 is 28.2 Å². The van der Waals surface area contributed by atoms with Crippen molar-refractivity contribution in [2.24, 2.45) is 0 Å². The van der Waals surface area contributed by atoms with Crippen LogP contribution in [0.4, 0.5) is 10.2 Å². The van der Waals surface area contributed by atoms with Crippen LogP contribution in [0.2, 0.25) is 0 Å². The van der Waals surface area contributed by atoms with Crippen LogP contribution in [0.3, 0.4) is 0 Å². The second kappa shape index (κ2) is 8.56. The summed E-state index contributed by atoms with van der Waals surface area (Å²) in [5.74, 6) is -0.723. The van der Waals surface area contributed by atoms with Gasteiger partial charge in [-0.05, 0) is 38.8 Å². The fraction of sp³-hybridized carbons (Fsp3) is 0.458. The SMILES string of the molecule is CC(=O)O[C@@]1(C)[C@@H](COC(=O)c2ccccc2)OC(n2cnc3c(NC4CC4)ncnc32)[C@]1(C)F. The molecule has 0 spiro atoms. The van der Waals surface area contributed by atoms with E-state index < -0.39 is 35.5 Å². The largest absolute Gasteiger partial charge is 0.459 e. The van der Waals surface area contributed by atoms with Crippen molar-refractivity contribution in [2.45, 2.75) is 63.3 Å². The molecular weight excluding hydrogens is 457 g/mol. The zero-order chi connectivity index (χ0) is 24.8. The van der Waals surface area contributed by atoms with E-state index in [-0.39, 0.29) is 6.61 Å². The Kier molecular flexibility index (Phi) is 5.66. The van der Waals surface area contributed by atoms with E-state index >= 15 is 4.39 Å². The number of anilines is 1. The number of nitrogens with zero attached hydrogens (tertiary/aromatic N) is 4. The lowest BCUT2D eigenvalue weighted by Gasteiger charge is -2.36. The number of imidazole rings is 1. The van der Waals surface area contributed by atoms with Gasteiger partial charge in [-0.1, -0.05) is 18.2 Å². The molecule has 4 atom stereocenters. The van der Waals surface area contributed by atoms with Crippen LogP contribution in [0.1, 0.15) is 50.2 Å². The summed E-state index contributed by atoms with van der Waals surface area (Å²) in [6.45, 7) is 3.58. The summed E-state index contributed by atoms with van der Waals surface area (Å²) in [6, 6.07) is 8.74. The van der Waals surface area contributed by atoms with Crippen molar-refractivity contribution in [3.63, 3.8) is 0 Å². The van der Waals surface area contributed by atoms with Crippen molar-refractivity contribution in [2.75, 3.05) is 11.9 Å². The topological polar surface area (TPSA) is 117 Å². The number of halogens is 1. The van der Waals surface area contributed by atoms with Gasteiger partial charge in [0.2, 0.25) is 0 Å². The van der Waals surface area contributed by atoms with Gasteiger partial charge in [0.1, 0.15) is 19.0 Å². The molecule has 11 heteroatoms. The Morgan fingerprint density at radius 1 is 1.20 bits per heavy atom. The Morgan fingerprint density at radius 3 is 2.63 bits per heavy atom. The predicted molar refractivity (Wildman–Crippen MR) is 122 cm³/mol. The average Bonchev–Trinajstić information content (AvgIpc) is 3.50. The first-order valence-electron chi connectivity index (χ1n) is 11.4. The van der Waals surface area contributed by atoms with E-state index in [2.05, 4.69) is 20.3 Å². The van der Waals surface area contributed by atoms with Crippen LogP contribution in [0, 0.1) is 0 Å². The number of carbonyl (C=O) groups is 2. The zero-order valence-corrected chi connectivity index (χ0v) is 19.6. The Hall–Kier alpha value is -3.60. The van der Waals surface area contributed by atoms with Gasteiger partial charge in [0.05, 0.1) is 11.9 Å². The van der Waals surface area contributed by atoms with Crippen LogP contribution in [-0.2, 0) is 19.0 Å². The highest BCUT2D eigenvalue weighted by Crippen LogP contribution is 2.51. The molecule has 1 unspecified atom stereocenters. The number of rotatable bonds is 7. The van der Waals surface area contributed by atoms with Gasteiger partial charge in [0.15, 0.2) is 34.5 Å². The molecule has 1 saturated carbocycles. The molecule has 0 radical (unpaired) electrons. The minimum atomic E-state index is -2.23. The summed E-state index contributed by atoms with van der Waals surface area (Å²) in [7, 11) is 0. The third-order valence-corrected chi connectivity index (χ3v) is 6.60. The van der Waals surface area contributed by atoms with Crippen molar-refractivity contribution >= 4 is 28.9 Å². The molecule has 1 saturated heterocycles. The van der Waals surface area contributed by atoms with Crippen LogP contribution in [0.25, 0.3) is 11.2 Å². The molecule has 2 aliphatic rings. The number of hydrogen-bond donors (Lipinski definition) is 1. The maximum atomic E-state index is 16.5. The first kappa shape index (κ1) is 23.2. The van der Waals surface area contributed by atoms with E-state index in [0.717, 1.165) is 12.8 Å². The van der Waals surface area contributed by atoms with E-state index in [1.807, 2.05) is 0 Å². The highest BCUT2D eigenvalue weighted by Gasteiger charge is 2.66. The Bertz CT molecular complexity index is 1260. The predicted octanol–water partition coefficient (Wildman–Crippen LogP) is 3.21. The van der Waals surface area contributed by atoms with Crippen LogP contribution in [0.15, 0.2) is 43.0 Å². The van der Waals surface area contributed by atoms with Gasteiger partial charge in [0.25, 0.3) is 0 Å². The summed E-state index contributed by atoms with van der Waals surface area (Å²) >= 11 is 0. The van der Waals surface area contributed by atoms with Crippen LogP contribution >= 0.6 is 0 Å². The second-order valence-corrected chi connectivity index (χ2v) is 9.18. The molecule has 0 bridgehead atoms. The zero-order valence-electron chi connectivity index (χ0n) is 19.6. The number of fused-ring (bicyclic) bond motifs is 1. The number of esters is 2. The first-order chi connectivity index (χ1) is 16.7. The molecule has 35 heavy (non-hydrogen) atoms. The number of benzene rings is 1. The second-order valence-electron chi connectivity index (χ2n) is 9.18. The van der Waals surface area contributed by atoms with Crippen molar-refractivity contribution in [1.29, 1.82) is 0 Å². The molecule has 3 heterocycles. The summed E-state index contributed by atoms with van der Waals surface area (Å²) in [5, 5.41) is 3.29. The lowest BCUT2D eigenvalue weighted by molar-refractivity contribution is -0.175. The first-order valence-corrected chi connectivity index (χ1v) is 11.4. The van der Waals surface area contributed by atoms with Gasteiger partial charge in [-0.15, -0.1) is 0 Å². The van der Waals surface area contributed by atoms with Crippen molar-refractivity contribution in [3.05, 3.63) is 48.5 Å². The van der Waals surface area contributed by atoms with Crippen LogP contribution in [0.5, 0.6) is 0 Å². The van der Waals surface area contributed by atoms with Crippen LogP contribution < -0.4 is 5.32 Å². The minimum absolute atomic E-state index is 0.330. The fourth-order valence-corrected chi connectivity index (χ4v) is 4.32.